The quantitative estimate of drug-likeness (QED) is 0.623. The first kappa shape index (κ1) is 12.9. The van der Waals surface area contributed by atoms with Crippen molar-refractivity contribution in [2.75, 3.05) is 0 Å². The fourth-order valence-electron chi connectivity index (χ4n) is 1.73. The van der Waals surface area contributed by atoms with Gasteiger partial charge < -0.3 is 4.74 Å². The first-order chi connectivity index (χ1) is 8.42. The van der Waals surface area contributed by atoms with Crippen molar-refractivity contribution in [3.63, 3.8) is 0 Å². The molecule has 0 spiro atoms. The molecular formula is C14H14BrNO2. The molecule has 0 aliphatic heterocycles. The van der Waals surface area contributed by atoms with E-state index in [1.54, 1.807) is 4.57 Å². The molecule has 0 N–H and O–H groups in total. The molecule has 3 nitrogen and oxygen atoms in total. The van der Waals surface area contributed by atoms with Gasteiger partial charge in [0.15, 0.2) is 5.94 Å². The molecule has 4 heteroatoms. The minimum absolute atomic E-state index is 0.163. The Morgan fingerprint density at radius 1 is 1.33 bits per heavy atom. The van der Waals surface area contributed by atoms with Crippen molar-refractivity contribution in [1.82, 2.24) is 4.57 Å². The lowest BCUT2D eigenvalue weighted by atomic mass is 10.2. The molecule has 0 bridgehead atoms. The molecule has 0 saturated carbocycles. The van der Waals surface area contributed by atoms with Gasteiger partial charge in [0.05, 0.1) is 10.1 Å². The number of rotatable bonds is 2. The second-order valence-corrected chi connectivity index (χ2v) is 5.80. The number of hydrogen-bond acceptors (Lipinski definition) is 2. The van der Waals surface area contributed by atoms with Crippen LogP contribution in [0.25, 0.3) is 16.8 Å². The predicted octanol–water partition coefficient (Wildman–Crippen LogP) is 3.85. The smallest absolute Gasteiger partial charge is 0.288 e. The summed E-state index contributed by atoms with van der Waals surface area (Å²) in [5.41, 5.74) is 0.462. The number of ether oxygens (including phenoxy) is 1. The summed E-state index contributed by atoms with van der Waals surface area (Å²) >= 11 is 3.44. The van der Waals surface area contributed by atoms with Crippen LogP contribution in [0.5, 0.6) is 0 Å². The van der Waals surface area contributed by atoms with E-state index in [2.05, 4.69) is 15.9 Å². The molecule has 0 radical (unpaired) electrons. The van der Waals surface area contributed by atoms with E-state index in [4.69, 9.17) is 4.74 Å². The van der Waals surface area contributed by atoms with Gasteiger partial charge in [-0.3, -0.25) is 4.57 Å². The van der Waals surface area contributed by atoms with E-state index < -0.39 is 5.60 Å². The maximum Gasteiger partial charge on any atom is 0.288 e. The number of nitrogens with zero attached hydrogens (tertiary/aromatic N) is 1. The average Bonchev–Trinajstić information content (AvgIpc) is 2.61. The van der Waals surface area contributed by atoms with Gasteiger partial charge in [-0.1, -0.05) is 18.2 Å². The maximum atomic E-state index is 11.1. The zero-order valence-electron chi connectivity index (χ0n) is 10.5. The Morgan fingerprint density at radius 2 is 2.00 bits per heavy atom. The number of aromatic nitrogens is 1. The SMILES string of the molecule is CC(C)(C)OC(=C=O)n1c(Br)cc2ccccc21. The van der Waals surface area contributed by atoms with Crippen molar-refractivity contribution in [2.45, 2.75) is 26.4 Å². The summed E-state index contributed by atoms with van der Waals surface area (Å²) in [6.07, 6.45) is 0. The van der Waals surface area contributed by atoms with Gasteiger partial charge in [-0.05, 0) is 48.8 Å². The van der Waals surface area contributed by atoms with E-state index in [0.717, 1.165) is 15.5 Å². The van der Waals surface area contributed by atoms with E-state index in [1.807, 2.05) is 57.0 Å². The molecule has 2 aromatic rings. The number of para-hydroxylation sites is 1. The molecular weight excluding hydrogens is 294 g/mol. The molecule has 1 aromatic carbocycles. The Bertz CT molecular complexity index is 631. The van der Waals surface area contributed by atoms with Gasteiger partial charge >= 0.3 is 0 Å². The lowest BCUT2D eigenvalue weighted by molar-refractivity contribution is 0.0883. The van der Waals surface area contributed by atoms with Crippen LogP contribution in [0.15, 0.2) is 34.9 Å². The van der Waals surface area contributed by atoms with Crippen molar-refractivity contribution < 1.29 is 9.53 Å². The third-order valence-electron chi connectivity index (χ3n) is 2.36. The Labute approximate surface area is 114 Å². The third kappa shape index (κ3) is 2.50. The molecule has 0 unspecified atom stereocenters. The number of halogens is 1. The summed E-state index contributed by atoms with van der Waals surface area (Å²) in [6.45, 7) is 5.68. The van der Waals surface area contributed by atoms with Crippen LogP contribution in [0.4, 0.5) is 0 Å². The summed E-state index contributed by atoms with van der Waals surface area (Å²) in [6, 6.07) is 9.73. The van der Waals surface area contributed by atoms with Gasteiger partial charge in [0.2, 0.25) is 0 Å². The van der Waals surface area contributed by atoms with Gasteiger partial charge in [0.1, 0.15) is 5.60 Å². The van der Waals surface area contributed by atoms with Crippen LogP contribution in [0.2, 0.25) is 0 Å². The van der Waals surface area contributed by atoms with E-state index in [1.165, 1.54) is 0 Å². The number of hydrogen-bond donors (Lipinski definition) is 0. The highest BCUT2D eigenvalue weighted by Crippen LogP contribution is 2.28. The predicted molar refractivity (Wildman–Crippen MR) is 75.9 cm³/mol. The molecule has 0 fully saturated rings. The van der Waals surface area contributed by atoms with Crippen molar-refractivity contribution in [3.8, 4) is 0 Å². The van der Waals surface area contributed by atoms with E-state index in [9.17, 15) is 4.79 Å². The summed E-state index contributed by atoms with van der Waals surface area (Å²) in [7, 11) is 0. The van der Waals surface area contributed by atoms with Crippen LogP contribution >= 0.6 is 15.9 Å². The van der Waals surface area contributed by atoms with Gasteiger partial charge in [0.25, 0.3) is 5.88 Å². The first-order valence-corrected chi connectivity index (χ1v) is 6.42. The topological polar surface area (TPSA) is 31.2 Å². The Hall–Kier alpha value is -1.51. The van der Waals surface area contributed by atoms with Crippen LogP contribution in [-0.4, -0.2) is 16.1 Å². The van der Waals surface area contributed by atoms with Crippen molar-refractivity contribution >= 4 is 38.7 Å². The number of fused-ring (bicyclic) bond motifs is 1. The van der Waals surface area contributed by atoms with Gasteiger partial charge in [-0.25, -0.2) is 4.79 Å². The fraction of sp³-hybridized carbons (Fsp3) is 0.286. The zero-order chi connectivity index (χ0) is 13.3. The lowest BCUT2D eigenvalue weighted by Gasteiger charge is -2.22. The number of benzene rings is 1. The lowest BCUT2D eigenvalue weighted by Crippen LogP contribution is -2.20. The highest BCUT2D eigenvalue weighted by Gasteiger charge is 2.19. The van der Waals surface area contributed by atoms with E-state index in [-0.39, 0.29) is 5.88 Å². The second-order valence-electron chi connectivity index (χ2n) is 4.98. The monoisotopic (exact) mass is 307 g/mol. The maximum absolute atomic E-state index is 11.1. The van der Waals surface area contributed by atoms with Crippen molar-refractivity contribution in [2.24, 2.45) is 0 Å². The van der Waals surface area contributed by atoms with Gasteiger partial charge in [0, 0.05) is 5.39 Å². The Kier molecular flexibility index (Phi) is 3.33. The average molecular weight is 308 g/mol. The largest absolute Gasteiger partial charge is 0.465 e. The molecule has 0 amide bonds. The van der Waals surface area contributed by atoms with Gasteiger partial charge in [-0.2, -0.15) is 0 Å². The summed E-state index contributed by atoms with van der Waals surface area (Å²) < 4.78 is 8.13. The summed E-state index contributed by atoms with van der Waals surface area (Å²) in [4.78, 5) is 11.1. The first-order valence-electron chi connectivity index (χ1n) is 5.63. The molecule has 0 aliphatic carbocycles. The fourth-order valence-corrected chi connectivity index (χ4v) is 2.33. The number of carbonyl (C=O) groups excluding carboxylic acids is 1. The van der Waals surface area contributed by atoms with Crippen molar-refractivity contribution in [3.05, 3.63) is 34.9 Å². The van der Waals surface area contributed by atoms with E-state index in [0.29, 0.717) is 0 Å². The molecule has 0 saturated heterocycles. The molecule has 18 heavy (non-hydrogen) atoms. The van der Waals surface area contributed by atoms with E-state index >= 15 is 0 Å². The molecule has 1 aromatic heterocycles. The molecule has 1 heterocycles. The normalized spacial score (nSPS) is 11.3. The zero-order valence-corrected chi connectivity index (χ0v) is 12.1. The van der Waals surface area contributed by atoms with Gasteiger partial charge in [-0.15, -0.1) is 0 Å². The van der Waals surface area contributed by atoms with Crippen molar-refractivity contribution in [1.29, 1.82) is 0 Å². The molecule has 2 rings (SSSR count). The minimum atomic E-state index is -0.447. The highest BCUT2D eigenvalue weighted by molar-refractivity contribution is 9.10. The third-order valence-corrected chi connectivity index (χ3v) is 2.94. The Morgan fingerprint density at radius 3 is 2.61 bits per heavy atom. The van der Waals surface area contributed by atoms with Crippen LogP contribution < -0.4 is 0 Å². The molecule has 94 valence electrons. The second kappa shape index (κ2) is 4.63. The van der Waals surface area contributed by atoms with Crippen LogP contribution in [0.1, 0.15) is 20.8 Å². The molecule has 0 aliphatic rings. The minimum Gasteiger partial charge on any atom is -0.465 e. The standard InChI is InChI=1S/C14H14BrNO2/c1-14(2,3)18-13(9-17)16-11-7-5-4-6-10(11)8-12(16)15/h4-8H,1-3H3. The summed E-state index contributed by atoms with van der Waals surface area (Å²) in [5, 5.41) is 1.04. The highest BCUT2D eigenvalue weighted by atomic mass is 79.9. The van der Waals surface area contributed by atoms with Crippen LogP contribution in [0, 0.1) is 0 Å². The Balaban J connectivity index is 2.59. The van der Waals surface area contributed by atoms with Crippen LogP contribution in [-0.2, 0) is 9.53 Å². The summed E-state index contributed by atoms with van der Waals surface area (Å²) in [5.74, 6) is 2.03. The van der Waals surface area contributed by atoms with Crippen LogP contribution in [0.3, 0.4) is 0 Å². The molecule has 0 atom stereocenters.